The number of nitrogens with one attached hydrogen (secondary N) is 1. The lowest BCUT2D eigenvalue weighted by Gasteiger charge is -2.26. The van der Waals surface area contributed by atoms with E-state index in [-0.39, 0.29) is 5.60 Å². The van der Waals surface area contributed by atoms with E-state index in [2.05, 4.69) is 19.2 Å². The quantitative estimate of drug-likeness (QED) is 0.777. The van der Waals surface area contributed by atoms with Crippen LogP contribution in [0, 0.1) is 6.92 Å². The zero-order valence-corrected chi connectivity index (χ0v) is 12.4. The molecule has 0 unspecified atom stereocenters. The van der Waals surface area contributed by atoms with Gasteiger partial charge in [-0.25, -0.2) is 0 Å². The second-order valence-corrected chi connectivity index (χ2v) is 5.40. The summed E-state index contributed by atoms with van der Waals surface area (Å²) in [6.07, 6.45) is 0. The molecular formula is C14H22N2OS. The summed E-state index contributed by atoms with van der Waals surface area (Å²) in [5, 5.41) is 3.35. The molecule has 3 nitrogen and oxygen atoms in total. The number of hydrogen-bond acceptors (Lipinski definition) is 3. The zero-order chi connectivity index (χ0) is 13.8. The number of anilines is 1. The molecule has 18 heavy (non-hydrogen) atoms. The molecule has 4 heteroatoms. The van der Waals surface area contributed by atoms with Crippen molar-refractivity contribution in [3.8, 4) is 0 Å². The van der Waals surface area contributed by atoms with Gasteiger partial charge in [-0.2, -0.15) is 0 Å². The number of nitrogens with two attached hydrogens (primary N) is 1. The maximum atomic E-state index is 5.74. The fourth-order valence-electron chi connectivity index (χ4n) is 1.77. The molecule has 0 fully saturated rings. The van der Waals surface area contributed by atoms with E-state index < -0.39 is 0 Å². The van der Waals surface area contributed by atoms with Gasteiger partial charge in [-0.3, -0.25) is 0 Å². The Morgan fingerprint density at radius 3 is 2.67 bits per heavy atom. The topological polar surface area (TPSA) is 47.3 Å². The van der Waals surface area contributed by atoms with Crippen LogP contribution >= 0.6 is 12.2 Å². The molecule has 0 bridgehead atoms. The maximum Gasteiger partial charge on any atom is 0.106 e. The fourth-order valence-corrected chi connectivity index (χ4v) is 1.93. The molecule has 0 aliphatic heterocycles. The highest BCUT2D eigenvalue weighted by molar-refractivity contribution is 7.80. The lowest BCUT2D eigenvalue weighted by atomic mass is 10.1. The van der Waals surface area contributed by atoms with Crippen molar-refractivity contribution in [3.63, 3.8) is 0 Å². The van der Waals surface area contributed by atoms with E-state index in [4.69, 9.17) is 22.7 Å². The van der Waals surface area contributed by atoms with Gasteiger partial charge < -0.3 is 15.8 Å². The van der Waals surface area contributed by atoms with Gasteiger partial charge in [0.1, 0.15) is 4.99 Å². The molecule has 100 valence electrons. The van der Waals surface area contributed by atoms with Crippen molar-refractivity contribution in [2.24, 2.45) is 5.73 Å². The minimum absolute atomic E-state index is 0.215. The summed E-state index contributed by atoms with van der Waals surface area (Å²) in [6.45, 7) is 9.53. The molecule has 0 aromatic heterocycles. The van der Waals surface area contributed by atoms with Crippen molar-refractivity contribution >= 4 is 22.9 Å². The van der Waals surface area contributed by atoms with Gasteiger partial charge in [0, 0.05) is 24.4 Å². The predicted molar refractivity (Wildman–Crippen MR) is 81.3 cm³/mol. The number of ether oxygens (including phenoxy) is 1. The molecule has 0 saturated carbocycles. The molecular weight excluding hydrogens is 244 g/mol. The van der Waals surface area contributed by atoms with Crippen LogP contribution in [0.1, 0.15) is 31.9 Å². The molecule has 0 amide bonds. The van der Waals surface area contributed by atoms with Crippen molar-refractivity contribution in [2.75, 3.05) is 18.5 Å². The molecule has 1 rings (SSSR count). The van der Waals surface area contributed by atoms with Gasteiger partial charge in [0.2, 0.25) is 0 Å². The monoisotopic (exact) mass is 266 g/mol. The SMILES string of the molecule is CCOC(C)(C)CNc1ccc(C)cc1C(N)=S. The second-order valence-electron chi connectivity index (χ2n) is 4.96. The lowest BCUT2D eigenvalue weighted by molar-refractivity contribution is 0.000698. The van der Waals surface area contributed by atoms with Crippen LogP contribution in [0.25, 0.3) is 0 Å². The average Bonchev–Trinajstić information content (AvgIpc) is 2.27. The first-order chi connectivity index (χ1) is 8.35. The third-order valence-electron chi connectivity index (χ3n) is 2.68. The van der Waals surface area contributed by atoms with Crippen molar-refractivity contribution in [1.82, 2.24) is 0 Å². The Balaban J connectivity index is 2.82. The van der Waals surface area contributed by atoms with Crippen molar-refractivity contribution in [3.05, 3.63) is 29.3 Å². The second kappa shape index (κ2) is 6.16. The summed E-state index contributed by atoms with van der Waals surface area (Å²) in [4.78, 5) is 0.412. The molecule has 0 radical (unpaired) electrons. The van der Waals surface area contributed by atoms with Gasteiger partial charge in [0.15, 0.2) is 0 Å². The number of rotatable bonds is 6. The minimum atomic E-state index is -0.215. The Bertz CT molecular complexity index is 430. The van der Waals surface area contributed by atoms with Crippen LogP contribution in [-0.2, 0) is 4.74 Å². The Labute approximate surface area is 115 Å². The summed E-state index contributed by atoms with van der Waals surface area (Å²) < 4.78 is 5.65. The summed E-state index contributed by atoms with van der Waals surface area (Å²) in [7, 11) is 0. The third kappa shape index (κ3) is 4.27. The predicted octanol–water partition coefficient (Wildman–Crippen LogP) is 2.86. The molecule has 1 aromatic carbocycles. The highest BCUT2D eigenvalue weighted by Crippen LogP contribution is 2.19. The number of benzene rings is 1. The van der Waals surface area contributed by atoms with E-state index in [9.17, 15) is 0 Å². The molecule has 0 aliphatic carbocycles. The van der Waals surface area contributed by atoms with Gasteiger partial charge in [-0.05, 0) is 39.8 Å². The number of hydrogen-bond donors (Lipinski definition) is 2. The van der Waals surface area contributed by atoms with Crippen LogP contribution in [0.15, 0.2) is 18.2 Å². The molecule has 0 atom stereocenters. The van der Waals surface area contributed by atoms with Gasteiger partial charge in [-0.1, -0.05) is 23.8 Å². The van der Waals surface area contributed by atoms with E-state index in [1.165, 1.54) is 0 Å². The first-order valence-electron chi connectivity index (χ1n) is 6.14. The van der Waals surface area contributed by atoms with E-state index in [0.717, 1.165) is 16.8 Å². The molecule has 1 aromatic rings. The van der Waals surface area contributed by atoms with E-state index in [0.29, 0.717) is 18.1 Å². The average molecular weight is 266 g/mol. The molecule has 0 spiro atoms. The summed E-state index contributed by atoms with van der Waals surface area (Å²) >= 11 is 5.07. The highest BCUT2D eigenvalue weighted by atomic mass is 32.1. The van der Waals surface area contributed by atoms with Crippen LogP contribution in [0.4, 0.5) is 5.69 Å². The zero-order valence-electron chi connectivity index (χ0n) is 11.5. The largest absolute Gasteiger partial charge is 0.389 e. The summed E-state index contributed by atoms with van der Waals surface area (Å²) in [5.41, 5.74) is 8.52. The van der Waals surface area contributed by atoms with Gasteiger partial charge in [0.25, 0.3) is 0 Å². The van der Waals surface area contributed by atoms with Crippen molar-refractivity contribution in [2.45, 2.75) is 33.3 Å². The van der Waals surface area contributed by atoms with Crippen molar-refractivity contribution < 1.29 is 4.74 Å². The normalized spacial score (nSPS) is 11.3. The minimum Gasteiger partial charge on any atom is -0.389 e. The lowest BCUT2D eigenvalue weighted by Crippen LogP contribution is -2.33. The molecule has 3 N–H and O–H groups in total. The van der Waals surface area contributed by atoms with E-state index in [1.807, 2.05) is 32.0 Å². The van der Waals surface area contributed by atoms with Gasteiger partial charge >= 0.3 is 0 Å². The molecule has 0 aliphatic rings. The van der Waals surface area contributed by atoms with Crippen LogP contribution in [0.2, 0.25) is 0 Å². The number of aryl methyl sites for hydroxylation is 1. The number of thiocarbonyl (C=S) groups is 1. The van der Waals surface area contributed by atoms with Crippen LogP contribution in [0.3, 0.4) is 0 Å². The Morgan fingerprint density at radius 2 is 2.11 bits per heavy atom. The third-order valence-corrected chi connectivity index (χ3v) is 2.90. The van der Waals surface area contributed by atoms with E-state index >= 15 is 0 Å². The van der Waals surface area contributed by atoms with Crippen LogP contribution < -0.4 is 11.1 Å². The first-order valence-corrected chi connectivity index (χ1v) is 6.55. The van der Waals surface area contributed by atoms with Crippen LogP contribution in [0.5, 0.6) is 0 Å². The fraction of sp³-hybridized carbons (Fsp3) is 0.500. The van der Waals surface area contributed by atoms with E-state index in [1.54, 1.807) is 0 Å². The first kappa shape index (κ1) is 14.9. The summed E-state index contributed by atoms with van der Waals surface area (Å²) in [5.74, 6) is 0. The van der Waals surface area contributed by atoms with Gasteiger partial charge in [-0.15, -0.1) is 0 Å². The molecule has 0 heterocycles. The summed E-state index contributed by atoms with van der Waals surface area (Å²) in [6, 6.07) is 6.04. The van der Waals surface area contributed by atoms with Crippen LogP contribution in [-0.4, -0.2) is 23.7 Å². The maximum absolute atomic E-state index is 5.74. The Hall–Kier alpha value is -1.13. The standard InChI is InChI=1S/C14H22N2OS/c1-5-17-14(3,4)9-16-12-7-6-10(2)8-11(12)13(15)18/h6-8,16H,5,9H2,1-4H3,(H2,15,18). The van der Waals surface area contributed by atoms with Crippen molar-refractivity contribution in [1.29, 1.82) is 0 Å². The highest BCUT2D eigenvalue weighted by Gasteiger charge is 2.18. The van der Waals surface area contributed by atoms with Gasteiger partial charge in [0.05, 0.1) is 5.60 Å². The smallest absolute Gasteiger partial charge is 0.106 e. The Kier molecular flexibility index (Phi) is 5.11. The Morgan fingerprint density at radius 1 is 1.44 bits per heavy atom. The molecule has 0 saturated heterocycles.